The van der Waals surface area contributed by atoms with Crippen LogP contribution in [-0.2, 0) is 22.7 Å². The topological polar surface area (TPSA) is 52.6 Å². The van der Waals surface area contributed by atoms with Gasteiger partial charge in [-0.1, -0.05) is 30.3 Å². The first-order chi connectivity index (χ1) is 9.74. The van der Waals surface area contributed by atoms with Crippen LogP contribution in [0, 0.1) is 0 Å². The Kier molecular flexibility index (Phi) is 3.21. The molecule has 1 aliphatic rings. The van der Waals surface area contributed by atoms with Crippen molar-refractivity contribution in [1.82, 2.24) is 0 Å². The molecule has 0 fully saturated rings. The smallest absolute Gasteiger partial charge is 0.339 e. The van der Waals surface area contributed by atoms with Crippen molar-refractivity contribution < 1.29 is 19.1 Å². The molecule has 4 nitrogen and oxygen atoms in total. The zero-order valence-corrected chi connectivity index (χ0v) is 10.7. The molecule has 0 radical (unpaired) electrons. The number of hydrogen-bond donors (Lipinski definition) is 0. The molecule has 0 unspecified atom stereocenters. The fraction of sp³-hybridized carbons (Fsp3) is 0.125. The maximum absolute atomic E-state index is 12.0. The predicted molar refractivity (Wildman–Crippen MR) is 71.1 cm³/mol. The van der Waals surface area contributed by atoms with Crippen LogP contribution in [0.15, 0.2) is 48.5 Å². The van der Waals surface area contributed by atoms with Crippen LogP contribution in [0.25, 0.3) is 0 Å². The first kappa shape index (κ1) is 12.4. The van der Waals surface area contributed by atoms with E-state index in [1.807, 2.05) is 24.3 Å². The first-order valence-corrected chi connectivity index (χ1v) is 6.25. The van der Waals surface area contributed by atoms with E-state index in [-0.39, 0.29) is 24.3 Å². The van der Waals surface area contributed by atoms with Gasteiger partial charge in [0.1, 0.15) is 13.2 Å². The quantitative estimate of drug-likeness (QED) is 0.689. The zero-order valence-electron chi connectivity index (χ0n) is 10.7. The first-order valence-electron chi connectivity index (χ1n) is 6.25. The number of carbonyl (C=O) groups excluding carboxylic acids is 2. The standard InChI is InChI=1S/C16H12O4/c17-15-13-6-1-2-7-14(13)16(18)20-10-12-5-3-4-11(8-12)9-19-15/h1-8H,9-10H2. The summed E-state index contributed by atoms with van der Waals surface area (Å²) in [4.78, 5) is 24.1. The van der Waals surface area contributed by atoms with E-state index in [1.165, 1.54) is 0 Å². The van der Waals surface area contributed by atoms with Gasteiger partial charge >= 0.3 is 11.9 Å². The van der Waals surface area contributed by atoms with Gasteiger partial charge < -0.3 is 9.47 Å². The van der Waals surface area contributed by atoms with Gasteiger partial charge in [0, 0.05) is 0 Å². The lowest BCUT2D eigenvalue weighted by molar-refractivity contribution is 0.0433. The number of cyclic esters (lactones) is 2. The summed E-state index contributed by atoms with van der Waals surface area (Å²) >= 11 is 0. The van der Waals surface area contributed by atoms with Crippen LogP contribution in [0.4, 0.5) is 0 Å². The second kappa shape index (κ2) is 5.17. The molecule has 0 spiro atoms. The molecule has 0 atom stereocenters. The van der Waals surface area contributed by atoms with Crippen LogP contribution in [-0.4, -0.2) is 11.9 Å². The van der Waals surface area contributed by atoms with E-state index < -0.39 is 11.9 Å². The van der Waals surface area contributed by atoms with E-state index in [0.717, 1.165) is 11.1 Å². The molecular weight excluding hydrogens is 256 g/mol. The monoisotopic (exact) mass is 268 g/mol. The summed E-state index contributed by atoms with van der Waals surface area (Å²) in [7, 11) is 0. The van der Waals surface area contributed by atoms with Gasteiger partial charge in [-0.3, -0.25) is 0 Å². The fourth-order valence-electron chi connectivity index (χ4n) is 2.10. The highest BCUT2D eigenvalue weighted by atomic mass is 16.5. The maximum atomic E-state index is 12.0. The summed E-state index contributed by atoms with van der Waals surface area (Å²) in [6.07, 6.45) is 0. The van der Waals surface area contributed by atoms with E-state index in [4.69, 9.17) is 9.47 Å². The number of hydrogen-bond acceptors (Lipinski definition) is 4. The Morgan fingerprint density at radius 2 is 1.20 bits per heavy atom. The Bertz CT molecular complexity index is 621. The molecule has 2 aromatic carbocycles. The lowest BCUT2D eigenvalue weighted by Gasteiger charge is -2.07. The van der Waals surface area contributed by atoms with E-state index in [2.05, 4.69) is 0 Å². The molecule has 0 saturated heterocycles. The van der Waals surface area contributed by atoms with Gasteiger partial charge in [-0.25, -0.2) is 9.59 Å². The SMILES string of the molecule is O=C1OCc2cccc(c2)COC(=O)c2ccccc21. The van der Waals surface area contributed by atoms with Crippen LogP contribution < -0.4 is 0 Å². The number of rotatable bonds is 0. The predicted octanol–water partition coefficient (Wildman–Crippen LogP) is 2.71. The van der Waals surface area contributed by atoms with Crippen molar-refractivity contribution in [2.24, 2.45) is 0 Å². The van der Waals surface area contributed by atoms with Gasteiger partial charge in [0.25, 0.3) is 0 Å². The molecule has 0 amide bonds. The van der Waals surface area contributed by atoms with Gasteiger partial charge in [-0.15, -0.1) is 0 Å². The Balaban J connectivity index is 2.02. The van der Waals surface area contributed by atoms with Gasteiger partial charge in [-0.2, -0.15) is 0 Å². The van der Waals surface area contributed by atoms with E-state index in [1.54, 1.807) is 24.3 Å². The molecule has 3 rings (SSSR count). The number of benzene rings is 2. The van der Waals surface area contributed by atoms with Crippen LogP contribution in [0.5, 0.6) is 0 Å². The summed E-state index contributed by atoms with van der Waals surface area (Å²) in [6, 6.07) is 13.9. The zero-order chi connectivity index (χ0) is 13.9. The van der Waals surface area contributed by atoms with Crippen molar-refractivity contribution in [3.63, 3.8) is 0 Å². The third-order valence-corrected chi connectivity index (χ3v) is 3.10. The molecule has 2 aromatic rings. The van der Waals surface area contributed by atoms with Crippen molar-refractivity contribution in [3.05, 3.63) is 70.8 Å². The largest absolute Gasteiger partial charge is 0.457 e. The number of ether oxygens (including phenoxy) is 2. The highest BCUT2D eigenvalue weighted by molar-refractivity contribution is 6.03. The Labute approximate surface area is 115 Å². The lowest BCUT2D eigenvalue weighted by Crippen LogP contribution is -2.13. The Morgan fingerprint density at radius 1 is 0.700 bits per heavy atom. The molecule has 0 aromatic heterocycles. The van der Waals surface area contributed by atoms with Crippen molar-refractivity contribution in [2.75, 3.05) is 0 Å². The molecular formula is C16H12O4. The normalized spacial score (nSPS) is 14.6. The number of esters is 2. The van der Waals surface area contributed by atoms with Gasteiger partial charge in [-0.05, 0) is 29.3 Å². The lowest BCUT2D eigenvalue weighted by atomic mass is 10.1. The fourth-order valence-corrected chi connectivity index (χ4v) is 2.10. The molecule has 20 heavy (non-hydrogen) atoms. The molecule has 2 bridgehead atoms. The Morgan fingerprint density at radius 3 is 1.70 bits per heavy atom. The Hall–Kier alpha value is -2.62. The van der Waals surface area contributed by atoms with Gasteiger partial charge in [0.2, 0.25) is 0 Å². The van der Waals surface area contributed by atoms with E-state index in [9.17, 15) is 9.59 Å². The number of carbonyl (C=O) groups is 2. The molecule has 0 aliphatic carbocycles. The van der Waals surface area contributed by atoms with Crippen molar-refractivity contribution in [1.29, 1.82) is 0 Å². The second-order valence-corrected chi connectivity index (χ2v) is 4.52. The van der Waals surface area contributed by atoms with Gasteiger partial charge in [0.15, 0.2) is 0 Å². The molecule has 1 aliphatic heterocycles. The van der Waals surface area contributed by atoms with Crippen LogP contribution in [0.1, 0.15) is 31.8 Å². The molecule has 0 saturated carbocycles. The summed E-state index contributed by atoms with van der Waals surface area (Å²) in [5.74, 6) is -1.05. The minimum atomic E-state index is -0.523. The van der Waals surface area contributed by atoms with Crippen LogP contribution >= 0.6 is 0 Å². The highest BCUT2D eigenvalue weighted by Crippen LogP contribution is 2.16. The van der Waals surface area contributed by atoms with E-state index in [0.29, 0.717) is 0 Å². The summed E-state index contributed by atoms with van der Waals surface area (Å²) in [6.45, 7) is 0.352. The average molecular weight is 268 g/mol. The second-order valence-electron chi connectivity index (χ2n) is 4.52. The van der Waals surface area contributed by atoms with Gasteiger partial charge in [0.05, 0.1) is 11.1 Å². The van der Waals surface area contributed by atoms with Crippen LogP contribution in [0.2, 0.25) is 0 Å². The molecule has 1 heterocycles. The average Bonchev–Trinajstić information content (AvgIpc) is 2.51. The molecule has 4 heteroatoms. The van der Waals surface area contributed by atoms with Crippen molar-refractivity contribution in [2.45, 2.75) is 13.2 Å². The van der Waals surface area contributed by atoms with Crippen LogP contribution in [0.3, 0.4) is 0 Å². The highest BCUT2D eigenvalue weighted by Gasteiger charge is 2.20. The van der Waals surface area contributed by atoms with E-state index >= 15 is 0 Å². The number of fused-ring (bicyclic) bond motifs is 3. The van der Waals surface area contributed by atoms with Crippen molar-refractivity contribution in [3.8, 4) is 0 Å². The summed E-state index contributed by atoms with van der Waals surface area (Å²) in [5.41, 5.74) is 2.19. The minimum absolute atomic E-state index is 0.176. The third kappa shape index (κ3) is 2.40. The molecule has 0 N–H and O–H groups in total. The maximum Gasteiger partial charge on any atom is 0.339 e. The third-order valence-electron chi connectivity index (χ3n) is 3.10. The summed E-state index contributed by atoms with van der Waals surface area (Å²) in [5, 5.41) is 0. The molecule has 100 valence electrons. The summed E-state index contributed by atoms with van der Waals surface area (Å²) < 4.78 is 10.5. The van der Waals surface area contributed by atoms with Crippen molar-refractivity contribution >= 4 is 11.9 Å². The minimum Gasteiger partial charge on any atom is -0.457 e.